The van der Waals surface area contributed by atoms with Gasteiger partial charge in [-0.05, 0) is 37.7 Å². The molecule has 4 amide bonds. The summed E-state index contributed by atoms with van der Waals surface area (Å²) in [5.74, 6) is -0.895. The summed E-state index contributed by atoms with van der Waals surface area (Å²) in [5.41, 5.74) is -1.46. The number of nitrogens with one attached hydrogen (secondary N) is 2. The van der Waals surface area contributed by atoms with Crippen molar-refractivity contribution in [3.8, 4) is 0 Å². The quantitative estimate of drug-likeness (QED) is 0.373. The number of likely N-dealkylation sites (N-methyl/N-ethyl adjacent to an activating group) is 1. The second-order valence-electron chi connectivity index (χ2n) is 10.4. The maximum Gasteiger partial charge on any atom is 0.325 e. The number of carbonyl (C=O) groups is 3. The van der Waals surface area contributed by atoms with Crippen LogP contribution < -0.4 is 21.1 Å². The van der Waals surface area contributed by atoms with Crippen LogP contribution in [-0.2, 0) is 17.9 Å². The summed E-state index contributed by atoms with van der Waals surface area (Å²) < 4.78 is 15.1. The first kappa shape index (κ1) is 31.1. The van der Waals surface area contributed by atoms with E-state index in [0.29, 0.717) is 31.2 Å². The number of carbonyl (C=O) groups excluding carboxylic acids is 3. The minimum absolute atomic E-state index is 0. The van der Waals surface area contributed by atoms with E-state index in [1.165, 1.54) is 29.0 Å². The highest BCUT2D eigenvalue weighted by molar-refractivity contribution is 6.30. The number of rotatable bonds is 9. The lowest BCUT2D eigenvalue weighted by Crippen LogP contribution is -2.60. The van der Waals surface area contributed by atoms with E-state index >= 15 is 0 Å². The van der Waals surface area contributed by atoms with Crippen LogP contribution in [0.4, 0.5) is 15.0 Å². The third-order valence-electron chi connectivity index (χ3n) is 7.08. The number of likely N-dealkylation sites (tertiary alicyclic amines) is 1. The molecule has 2 aliphatic rings. The Hall–Kier alpha value is -3.81. The van der Waals surface area contributed by atoms with Crippen molar-refractivity contribution in [2.75, 3.05) is 51.2 Å². The fraction of sp³-hybridized carbons (Fsp3) is 0.407. The fourth-order valence-corrected chi connectivity index (χ4v) is 4.99. The largest absolute Gasteiger partial charge is 0.348 e. The molecule has 0 unspecified atom stereocenters. The second kappa shape index (κ2) is 12.6. The molecule has 2 aromatic heterocycles. The first-order valence-corrected chi connectivity index (χ1v) is 13.5. The first-order valence-electron chi connectivity index (χ1n) is 13.2. The highest BCUT2D eigenvalue weighted by Crippen LogP contribution is 2.25. The van der Waals surface area contributed by atoms with E-state index in [1.807, 2.05) is 0 Å². The molecular weight excluding hydrogens is 590 g/mol. The van der Waals surface area contributed by atoms with E-state index < -0.39 is 29.6 Å². The number of fused-ring (bicyclic) bond motifs is 1. The zero-order valence-corrected chi connectivity index (χ0v) is 24.7. The average molecular weight is 622 g/mol. The number of hydrogen-bond acceptors (Lipinski definition) is 7. The molecule has 0 saturated carbocycles. The van der Waals surface area contributed by atoms with Gasteiger partial charge in [-0.2, -0.15) is 0 Å². The van der Waals surface area contributed by atoms with Gasteiger partial charge in [0.05, 0.1) is 19.3 Å². The lowest BCUT2D eigenvalue weighted by atomic mass is 9.99. The zero-order valence-electron chi connectivity index (χ0n) is 23.1. The van der Waals surface area contributed by atoms with Crippen molar-refractivity contribution in [2.24, 2.45) is 0 Å². The molecule has 1 aromatic carbocycles. The molecule has 42 heavy (non-hydrogen) atoms. The monoisotopic (exact) mass is 620 g/mol. The summed E-state index contributed by atoms with van der Waals surface area (Å²) in [6.07, 6.45) is 1.37. The SMILES string of the molecule is CNCCN1CCN(c2cnc3c(cc(C(=O)NCc4ccc(Cl)cc4)c(=O)n3CC(=O)N3CC(C)(F)C3)n2)C1=O.Cl. The van der Waals surface area contributed by atoms with Crippen molar-refractivity contribution < 1.29 is 18.8 Å². The van der Waals surface area contributed by atoms with Gasteiger partial charge >= 0.3 is 6.03 Å². The van der Waals surface area contributed by atoms with Gasteiger partial charge in [0, 0.05) is 37.7 Å². The average Bonchev–Trinajstić information content (AvgIpc) is 3.30. The molecule has 0 atom stereocenters. The fourth-order valence-electron chi connectivity index (χ4n) is 4.86. The number of nitrogens with zero attached hydrogens (tertiary/aromatic N) is 6. The van der Waals surface area contributed by atoms with Crippen molar-refractivity contribution >= 4 is 58.8 Å². The number of benzene rings is 1. The van der Waals surface area contributed by atoms with Crippen LogP contribution in [0.1, 0.15) is 22.8 Å². The predicted molar refractivity (Wildman–Crippen MR) is 158 cm³/mol. The number of alkyl halides is 1. The third kappa shape index (κ3) is 6.48. The number of aromatic nitrogens is 3. The smallest absolute Gasteiger partial charge is 0.325 e. The number of anilines is 1. The Balaban J connectivity index is 0.00000405. The van der Waals surface area contributed by atoms with Crippen LogP contribution in [0.5, 0.6) is 0 Å². The van der Waals surface area contributed by atoms with E-state index in [2.05, 4.69) is 20.6 Å². The van der Waals surface area contributed by atoms with Gasteiger partial charge in [0.15, 0.2) is 11.5 Å². The molecule has 224 valence electrons. The van der Waals surface area contributed by atoms with Crippen molar-refractivity contribution in [1.82, 2.24) is 35.0 Å². The maximum absolute atomic E-state index is 14.0. The topological polar surface area (TPSA) is 133 Å². The summed E-state index contributed by atoms with van der Waals surface area (Å²) in [6, 6.07) is 7.95. The molecule has 2 aliphatic heterocycles. The van der Waals surface area contributed by atoms with Crippen molar-refractivity contribution in [1.29, 1.82) is 0 Å². The minimum Gasteiger partial charge on any atom is -0.348 e. The lowest BCUT2D eigenvalue weighted by Gasteiger charge is -2.42. The number of halogens is 3. The van der Waals surface area contributed by atoms with Crippen LogP contribution >= 0.6 is 24.0 Å². The minimum atomic E-state index is -1.48. The van der Waals surface area contributed by atoms with Gasteiger partial charge < -0.3 is 20.4 Å². The van der Waals surface area contributed by atoms with Gasteiger partial charge in [-0.25, -0.2) is 19.2 Å². The van der Waals surface area contributed by atoms with Crippen molar-refractivity contribution in [3.05, 3.63) is 63.0 Å². The van der Waals surface area contributed by atoms with Crippen LogP contribution in [0.2, 0.25) is 5.02 Å². The maximum atomic E-state index is 14.0. The van der Waals surface area contributed by atoms with Crippen LogP contribution in [0.25, 0.3) is 11.2 Å². The first-order chi connectivity index (χ1) is 19.6. The Kier molecular flexibility index (Phi) is 9.34. The van der Waals surface area contributed by atoms with E-state index in [1.54, 1.807) is 36.2 Å². The van der Waals surface area contributed by atoms with Gasteiger partial charge in [-0.15, -0.1) is 12.4 Å². The second-order valence-corrected chi connectivity index (χ2v) is 10.8. The molecule has 0 spiro atoms. The number of amides is 4. The lowest BCUT2D eigenvalue weighted by molar-refractivity contribution is -0.144. The molecule has 2 fully saturated rings. The Morgan fingerprint density at radius 2 is 1.86 bits per heavy atom. The Bertz CT molecular complexity index is 1560. The van der Waals surface area contributed by atoms with Crippen molar-refractivity contribution in [3.63, 3.8) is 0 Å². The standard InChI is InChI=1S/C27H30ClFN8O4.ClH/c1-27(29)15-35(16-27)22(38)14-37-23-20(33-21(13-31-23)36-10-9-34(26(36)41)8-7-30-2)11-19(25(37)40)24(39)32-12-17-3-5-18(28)6-4-17;/h3-6,11,13,30H,7-10,12,14-16H2,1-2H3,(H,32,39);1H. The van der Waals surface area contributed by atoms with Gasteiger partial charge in [0.25, 0.3) is 11.5 Å². The van der Waals surface area contributed by atoms with E-state index in [9.17, 15) is 23.6 Å². The molecule has 12 nitrogen and oxygen atoms in total. The van der Waals surface area contributed by atoms with Gasteiger partial charge in [0.1, 0.15) is 23.3 Å². The summed E-state index contributed by atoms with van der Waals surface area (Å²) >= 11 is 5.93. The molecule has 0 radical (unpaired) electrons. The molecule has 0 aliphatic carbocycles. The Morgan fingerprint density at radius 3 is 2.52 bits per heavy atom. The van der Waals surface area contributed by atoms with E-state index in [0.717, 1.165) is 10.1 Å². The summed E-state index contributed by atoms with van der Waals surface area (Å²) in [6.45, 7) is 2.98. The number of pyridine rings is 1. The molecule has 3 aromatic rings. The van der Waals surface area contributed by atoms with Crippen LogP contribution in [0, 0.1) is 0 Å². The van der Waals surface area contributed by atoms with E-state index in [4.69, 9.17) is 11.6 Å². The van der Waals surface area contributed by atoms with Crippen LogP contribution in [0.3, 0.4) is 0 Å². The Labute approximate surface area is 252 Å². The van der Waals surface area contributed by atoms with Gasteiger partial charge in [-0.3, -0.25) is 23.9 Å². The normalized spacial score (nSPS) is 15.9. The number of hydrogen-bond donors (Lipinski definition) is 2. The molecule has 0 bridgehead atoms. The Morgan fingerprint density at radius 1 is 1.14 bits per heavy atom. The summed E-state index contributed by atoms with van der Waals surface area (Å²) in [7, 11) is 1.80. The molecule has 5 rings (SSSR count). The summed E-state index contributed by atoms with van der Waals surface area (Å²) in [5, 5.41) is 6.28. The zero-order chi connectivity index (χ0) is 29.3. The molecular formula is C27H31Cl2FN8O4. The van der Waals surface area contributed by atoms with Gasteiger partial charge in [-0.1, -0.05) is 23.7 Å². The molecule has 4 heterocycles. The van der Waals surface area contributed by atoms with Gasteiger partial charge in [0.2, 0.25) is 5.91 Å². The molecule has 2 N–H and O–H groups in total. The van der Waals surface area contributed by atoms with Crippen molar-refractivity contribution in [2.45, 2.75) is 25.7 Å². The molecule has 2 saturated heterocycles. The number of urea groups is 1. The predicted octanol–water partition coefficient (Wildman–Crippen LogP) is 1.83. The van der Waals surface area contributed by atoms with E-state index in [-0.39, 0.29) is 60.6 Å². The highest BCUT2D eigenvalue weighted by atomic mass is 35.5. The van der Waals surface area contributed by atoms with Crippen LogP contribution in [-0.4, -0.2) is 94.2 Å². The van der Waals surface area contributed by atoms with Crippen LogP contribution in [0.15, 0.2) is 41.3 Å². The molecule has 15 heteroatoms. The third-order valence-corrected chi connectivity index (χ3v) is 7.33. The highest BCUT2D eigenvalue weighted by Gasteiger charge is 2.41. The summed E-state index contributed by atoms with van der Waals surface area (Å²) in [4.78, 5) is 66.0.